The molecule has 1 N–H and O–H groups in total. The molecule has 28 heavy (non-hydrogen) atoms. The molecule has 0 aliphatic rings. The Morgan fingerprint density at radius 3 is 2.46 bits per heavy atom. The SMILES string of the molecule is CCOc1ccc(-c2nc(-c3cc(OC)cc(C(=O)O)c3)cs2)cc1OCC. The van der Waals surface area contributed by atoms with E-state index >= 15 is 0 Å². The maximum absolute atomic E-state index is 11.4. The van der Waals surface area contributed by atoms with E-state index in [0.29, 0.717) is 41.7 Å². The average molecular weight is 399 g/mol. The minimum Gasteiger partial charge on any atom is -0.497 e. The van der Waals surface area contributed by atoms with E-state index in [1.807, 2.05) is 37.4 Å². The number of methoxy groups -OCH3 is 1. The van der Waals surface area contributed by atoms with Crippen LogP contribution in [0.25, 0.3) is 21.8 Å². The summed E-state index contributed by atoms with van der Waals surface area (Å²) < 4.78 is 16.5. The molecule has 0 spiro atoms. The molecule has 6 nitrogen and oxygen atoms in total. The topological polar surface area (TPSA) is 77.9 Å². The molecule has 0 aliphatic heterocycles. The van der Waals surface area contributed by atoms with Crippen LogP contribution in [-0.4, -0.2) is 36.4 Å². The van der Waals surface area contributed by atoms with Crippen molar-refractivity contribution in [3.8, 4) is 39.1 Å². The average Bonchev–Trinajstić information content (AvgIpc) is 3.19. The van der Waals surface area contributed by atoms with Crippen LogP contribution in [-0.2, 0) is 0 Å². The number of nitrogens with zero attached hydrogens (tertiary/aromatic N) is 1. The van der Waals surface area contributed by atoms with Crippen LogP contribution in [0.3, 0.4) is 0 Å². The Balaban J connectivity index is 1.97. The lowest BCUT2D eigenvalue weighted by atomic mass is 10.1. The summed E-state index contributed by atoms with van der Waals surface area (Å²) in [7, 11) is 1.51. The number of hydrogen-bond acceptors (Lipinski definition) is 6. The van der Waals surface area contributed by atoms with Crippen LogP contribution in [0.2, 0.25) is 0 Å². The highest BCUT2D eigenvalue weighted by Gasteiger charge is 2.14. The van der Waals surface area contributed by atoms with Crippen molar-refractivity contribution < 1.29 is 24.1 Å². The maximum Gasteiger partial charge on any atom is 0.335 e. The Kier molecular flexibility index (Phi) is 6.16. The summed E-state index contributed by atoms with van der Waals surface area (Å²) in [4.78, 5) is 16.0. The summed E-state index contributed by atoms with van der Waals surface area (Å²) >= 11 is 1.48. The number of aromatic nitrogens is 1. The molecule has 0 bridgehead atoms. The van der Waals surface area contributed by atoms with Crippen molar-refractivity contribution >= 4 is 17.3 Å². The number of aromatic carboxylic acids is 1. The van der Waals surface area contributed by atoms with Crippen molar-refractivity contribution in [1.29, 1.82) is 0 Å². The van der Waals surface area contributed by atoms with Gasteiger partial charge in [-0.25, -0.2) is 9.78 Å². The van der Waals surface area contributed by atoms with Gasteiger partial charge in [-0.2, -0.15) is 0 Å². The van der Waals surface area contributed by atoms with Crippen molar-refractivity contribution in [3.05, 3.63) is 47.3 Å². The molecule has 0 amide bonds. The molecule has 0 saturated heterocycles. The number of ether oxygens (including phenoxy) is 3. The van der Waals surface area contributed by atoms with Gasteiger partial charge in [0.1, 0.15) is 10.8 Å². The zero-order valence-corrected chi connectivity index (χ0v) is 16.7. The predicted molar refractivity (Wildman–Crippen MR) is 109 cm³/mol. The first-order chi connectivity index (χ1) is 13.5. The zero-order valence-electron chi connectivity index (χ0n) is 15.9. The van der Waals surface area contributed by atoms with Crippen LogP contribution < -0.4 is 14.2 Å². The molecular weight excluding hydrogens is 378 g/mol. The van der Waals surface area contributed by atoms with E-state index in [1.165, 1.54) is 24.5 Å². The van der Waals surface area contributed by atoms with Gasteiger partial charge in [-0.15, -0.1) is 11.3 Å². The third-order valence-corrected chi connectivity index (χ3v) is 4.87. The molecule has 0 atom stereocenters. The quantitative estimate of drug-likeness (QED) is 0.575. The van der Waals surface area contributed by atoms with Crippen LogP contribution in [0.4, 0.5) is 0 Å². The second-order valence-corrected chi connectivity index (χ2v) is 6.68. The van der Waals surface area contributed by atoms with Gasteiger partial charge in [0.2, 0.25) is 0 Å². The summed E-state index contributed by atoms with van der Waals surface area (Å²) in [6, 6.07) is 10.6. The van der Waals surface area contributed by atoms with Crippen LogP contribution >= 0.6 is 11.3 Å². The van der Waals surface area contributed by atoms with E-state index in [9.17, 15) is 9.90 Å². The Labute approximate surface area is 167 Å². The van der Waals surface area contributed by atoms with Gasteiger partial charge < -0.3 is 19.3 Å². The molecule has 0 unspecified atom stereocenters. The van der Waals surface area contributed by atoms with Gasteiger partial charge in [0, 0.05) is 16.5 Å². The fourth-order valence-corrected chi connectivity index (χ4v) is 3.54. The van der Waals surface area contributed by atoms with Crippen LogP contribution in [0.1, 0.15) is 24.2 Å². The van der Waals surface area contributed by atoms with E-state index < -0.39 is 5.97 Å². The summed E-state index contributed by atoms with van der Waals surface area (Å²) in [5, 5.41) is 12.0. The van der Waals surface area contributed by atoms with Crippen molar-refractivity contribution in [1.82, 2.24) is 4.98 Å². The largest absolute Gasteiger partial charge is 0.497 e. The molecule has 3 aromatic rings. The number of rotatable bonds is 8. The number of benzene rings is 2. The fraction of sp³-hybridized carbons (Fsp3) is 0.238. The lowest BCUT2D eigenvalue weighted by Crippen LogP contribution is -1.98. The molecule has 146 valence electrons. The van der Waals surface area contributed by atoms with Gasteiger partial charge in [-0.05, 0) is 50.2 Å². The third kappa shape index (κ3) is 4.26. The minimum absolute atomic E-state index is 0.156. The van der Waals surface area contributed by atoms with E-state index in [1.54, 1.807) is 12.1 Å². The summed E-state index contributed by atoms with van der Waals surface area (Å²) in [5.74, 6) is 0.838. The number of thiazole rings is 1. The van der Waals surface area contributed by atoms with E-state index in [4.69, 9.17) is 14.2 Å². The van der Waals surface area contributed by atoms with Gasteiger partial charge in [0.25, 0.3) is 0 Å². The van der Waals surface area contributed by atoms with Gasteiger partial charge in [0.15, 0.2) is 11.5 Å². The van der Waals surface area contributed by atoms with Gasteiger partial charge in [0.05, 0.1) is 31.6 Å². The Hall–Kier alpha value is -3.06. The molecule has 1 aromatic heterocycles. The normalized spacial score (nSPS) is 10.5. The summed E-state index contributed by atoms with van der Waals surface area (Å²) in [6.45, 7) is 4.94. The molecule has 0 aliphatic carbocycles. The molecule has 0 radical (unpaired) electrons. The molecule has 3 rings (SSSR count). The Morgan fingerprint density at radius 2 is 1.79 bits per heavy atom. The van der Waals surface area contributed by atoms with Gasteiger partial charge >= 0.3 is 5.97 Å². The lowest BCUT2D eigenvalue weighted by Gasteiger charge is -2.11. The highest BCUT2D eigenvalue weighted by molar-refractivity contribution is 7.13. The molecule has 7 heteroatoms. The number of hydrogen-bond donors (Lipinski definition) is 1. The summed E-state index contributed by atoms with van der Waals surface area (Å²) in [6.07, 6.45) is 0. The second-order valence-electron chi connectivity index (χ2n) is 5.82. The second kappa shape index (κ2) is 8.75. The van der Waals surface area contributed by atoms with E-state index in [2.05, 4.69) is 4.98 Å². The highest BCUT2D eigenvalue weighted by atomic mass is 32.1. The van der Waals surface area contributed by atoms with Gasteiger partial charge in [-0.3, -0.25) is 0 Å². The molecule has 1 heterocycles. The molecular formula is C21H21NO5S. The van der Waals surface area contributed by atoms with Crippen molar-refractivity contribution in [2.24, 2.45) is 0 Å². The smallest absolute Gasteiger partial charge is 0.335 e. The molecule has 0 fully saturated rings. The first-order valence-electron chi connectivity index (χ1n) is 8.84. The van der Waals surface area contributed by atoms with Crippen molar-refractivity contribution in [3.63, 3.8) is 0 Å². The van der Waals surface area contributed by atoms with Crippen molar-refractivity contribution in [2.45, 2.75) is 13.8 Å². The highest BCUT2D eigenvalue weighted by Crippen LogP contribution is 2.36. The van der Waals surface area contributed by atoms with Gasteiger partial charge in [-0.1, -0.05) is 0 Å². The molecule has 0 saturated carbocycles. The van der Waals surface area contributed by atoms with Crippen LogP contribution in [0.15, 0.2) is 41.8 Å². The number of carbonyl (C=O) groups is 1. The first-order valence-corrected chi connectivity index (χ1v) is 9.72. The first kappa shape index (κ1) is 19.7. The monoisotopic (exact) mass is 399 g/mol. The predicted octanol–water partition coefficient (Wildman–Crippen LogP) is 4.98. The molecule has 2 aromatic carbocycles. The standard InChI is InChI=1S/C21H21NO5S/c1-4-26-18-7-6-13(11-19(18)27-5-2)20-22-17(12-28-20)14-8-15(21(23)24)10-16(9-14)25-3/h6-12H,4-5H2,1-3H3,(H,23,24). The van der Waals surface area contributed by atoms with Crippen LogP contribution in [0.5, 0.6) is 17.2 Å². The number of carboxylic acid groups (broad SMARTS) is 1. The Bertz CT molecular complexity index is 983. The van der Waals surface area contributed by atoms with Crippen molar-refractivity contribution in [2.75, 3.05) is 20.3 Å². The maximum atomic E-state index is 11.4. The lowest BCUT2D eigenvalue weighted by molar-refractivity contribution is 0.0696. The Morgan fingerprint density at radius 1 is 1.04 bits per heavy atom. The number of carboxylic acids is 1. The minimum atomic E-state index is -1.01. The zero-order chi connectivity index (χ0) is 20.1. The van der Waals surface area contributed by atoms with E-state index in [0.717, 1.165) is 10.6 Å². The van der Waals surface area contributed by atoms with E-state index in [-0.39, 0.29) is 5.56 Å². The third-order valence-electron chi connectivity index (χ3n) is 3.98. The van der Waals surface area contributed by atoms with Crippen LogP contribution in [0, 0.1) is 0 Å². The fourth-order valence-electron chi connectivity index (χ4n) is 2.71. The summed E-state index contributed by atoms with van der Waals surface area (Å²) in [5.41, 5.74) is 2.44.